The van der Waals surface area contributed by atoms with Gasteiger partial charge in [-0.3, -0.25) is 0 Å². The number of nitrogens with zero attached hydrogens (tertiary/aromatic N) is 1. The van der Waals surface area contributed by atoms with Gasteiger partial charge in [0.2, 0.25) is 0 Å². The lowest BCUT2D eigenvalue weighted by Gasteiger charge is -2.54. The molecule has 1 N–H and O–H groups in total. The van der Waals surface area contributed by atoms with Gasteiger partial charge in [0.15, 0.2) is 0 Å². The predicted octanol–water partition coefficient (Wildman–Crippen LogP) is 3.18. The van der Waals surface area contributed by atoms with Crippen molar-refractivity contribution in [3.05, 3.63) is 18.2 Å². The van der Waals surface area contributed by atoms with Gasteiger partial charge in [-0.1, -0.05) is 6.92 Å². The van der Waals surface area contributed by atoms with Crippen LogP contribution in [0.3, 0.4) is 0 Å². The monoisotopic (exact) mass is 245 g/mol. The lowest BCUT2D eigenvalue weighted by molar-refractivity contribution is -0.707. The maximum atomic E-state index is 3.61. The first-order chi connectivity index (χ1) is 8.79. The molecule has 1 aromatic rings. The Bertz CT molecular complexity index is 410. The fourth-order valence-corrected chi connectivity index (χ4v) is 5.65. The molecule has 4 aliphatic carbocycles. The highest BCUT2D eigenvalue weighted by atomic mass is 15.1. The number of aromatic amines is 1. The van der Waals surface area contributed by atoms with Gasteiger partial charge < -0.3 is 0 Å². The third kappa shape index (κ3) is 1.50. The highest BCUT2D eigenvalue weighted by molar-refractivity contribution is 5.14. The van der Waals surface area contributed by atoms with Crippen LogP contribution in [0.5, 0.6) is 0 Å². The van der Waals surface area contributed by atoms with Crippen molar-refractivity contribution in [2.45, 2.75) is 63.8 Å². The van der Waals surface area contributed by atoms with Crippen LogP contribution >= 0.6 is 0 Å². The van der Waals surface area contributed by atoms with Crippen LogP contribution in [0.1, 0.15) is 57.7 Å². The van der Waals surface area contributed by atoms with Gasteiger partial charge in [0.05, 0.1) is 12.0 Å². The summed E-state index contributed by atoms with van der Waals surface area (Å²) in [5.74, 6) is 4.67. The number of imidazole rings is 1. The molecular formula is C16H25N2+. The Morgan fingerprint density at radius 2 is 1.78 bits per heavy atom. The number of aromatic nitrogens is 2. The molecule has 0 unspecified atom stereocenters. The second-order valence-corrected chi connectivity index (χ2v) is 7.20. The first-order valence-electron chi connectivity index (χ1n) is 7.86. The van der Waals surface area contributed by atoms with Crippen LogP contribution in [0.25, 0.3) is 0 Å². The first kappa shape index (κ1) is 11.1. The molecule has 4 saturated carbocycles. The van der Waals surface area contributed by atoms with E-state index in [9.17, 15) is 0 Å². The minimum Gasteiger partial charge on any atom is -0.247 e. The number of rotatable bonds is 3. The van der Waals surface area contributed by atoms with Crippen LogP contribution in [0.2, 0.25) is 0 Å². The van der Waals surface area contributed by atoms with Gasteiger partial charge in [0.25, 0.3) is 5.82 Å². The lowest BCUT2D eigenvalue weighted by atomic mass is 9.49. The molecule has 1 heterocycles. The Hall–Kier alpha value is -0.790. The summed E-state index contributed by atoms with van der Waals surface area (Å²) < 4.78 is 2.51. The third-order valence-electron chi connectivity index (χ3n) is 5.77. The van der Waals surface area contributed by atoms with E-state index in [1.165, 1.54) is 51.5 Å². The maximum Gasteiger partial charge on any atom is 0.260 e. The molecule has 98 valence electrons. The minimum atomic E-state index is 0.521. The van der Waals surface area contributed by atoms with Gasteiger partial charge in [-0.15, -0.1) is 0 Å². The van der Waals surface area contributed by atoms with Crippen molar-refractivity contribution in [2.24, 2.45) is 17.8 Å². The van der Waals surface area contributed by atoms with Crippen molar-refractivity contribution in [2.75, 3.05) is 0 Å². The van der Waals surface area contributed by atoms with Crippen LogP contribution in [-0.2, 0) is 12.0 Å². The molecule has 0 atom stereocenters. The smallest absolute Gasteiger partial charge is 0.247 e. The van der Waals surface area contributed by atoms with Crippen molar-refractivity contribution < 1.29 is 4.57 Å². The summed E-state index contributed by atoms with van der Waals surface area (Å²) in [7, 11) is 0. The summed E-state index contributed by atoms with van der Waals surface area (Å²) in [4.78, 5) is 3.61. The van der Waals surface area contributed by atoms with E-state index in [-0.39, 0.29) is 0 Å². The van der Waals surface area contributed by atoms with Crippen molar-refractivity contribution in [3.63, 3.8) is 0 Å². The van der Waals surface area contributed by atoms with Crippen LogP contribution in [-0.4, -0.2) is 4.98 Å². The number of hydrogen-bond acceptors (Lipinski definition) is 0. The number of nitrogens with one attached hydrogen (secondary N) is 1. The average Bonchev–Trinajstić information content (AvgIpc) is 2.76. The van der Waals surface area contributed by atoms with Crippen molar-refractivity contribution in [3.8, 4) is 0 Å². The summed E-state index contributed by atoms with van der Waals surface area (Å²) >= 11 is 0. The summed E-state index contributed by atoms with van der Waals surface area (Å²) in [5.41, 5.74) is 0.521. The minimum absolute atomic E-state index is 0.521. The number of H-pyrrole nitrogens is 1. The molecule has 4 aliphatic rings. The van der Waals surface area contributed by atoms with E-state index in [2.05, 4.69) is 28.9 Å². The topological polar surface area (TPSA) is 19.7 Å². The van der Waals surface area contributed by atoms with Crippen molar-refractivity contribution in [1.29, 1.82) is 0 Å². The predicted molar refractivity (Wildman–Crippen MR) is 71.1 cm³/mol. The summed E-state index contributed by atoms with van der Waals surface area (Å²) in [6, 6.07) is 0. The Morgan fingerprint density at radius 3 is 2.33 bits per heavy atom. The summed E-state index contributed by atoms with van der Waals surface area (Å²) in [5, 5.41) is 0. The van der Waals surface area contributed by atoms with Gasteiger partial charge in [-0.25, -0.2) is 9.55 Å². The maximum absolute atomic E-state index is 3.61. The van der Waals surface area contributed by atoms with E-state index >= 15 is 0 Å². The van der Waals surface area contributed by atoms with Crippen LogP contribution < -0.4 is 4.57 Å². The second kappa shape index (κ2) is 3.85. The van der Waals surface area contributed by atoms with Crippen LogP contribution in [0.4, 0.5) is 0 Å². The van der Waals surface area contributed by atoms with Gasteiger partial charge in [0.1, 0.15) is 12.4 Å². The Kier molecular flexibility index (Phi) is 2.37. The molecule has 0 amide bonds. The third-order valence-corrected chi connectivity index (χ3v) is 5.77. The zero-order chi connectivity index (χ0) is 12.2. The molecule has 2 nitrogen and oxygen atoms in total. The largest absolute Gasteiger partial charge is 0.260 e. The van der Waals surface area contributed by atoms with Gasteiger partial charge in [-0.05, 0) is 62.7 Å². The molecule has 5 rings (SSSR count). The summed E-state index contributed by atoms with van der Waals surface area (Å²) in [6.45, 7) is 3.46. The molecule has 4 fully saturated rings. The zero-order valence-electron chi connectivity index (χ0n) is 11.5. The second-order valence-electron chi connectivity index (χ2n) is 7.20. The zero-order valence-corrected chi connectivity index (χ0v) is 11.5. The van der Waals surface area contributed by atoms with Crippen LogP contribution in [0.15, 0.2) is 12.4 Å². The Morgan fingerprint density at radius 1 is 1.17 bits per heavy atom. The fourth-order valence-electron chi connectivity index (χ4n) is 5.65. The number of aryl methyl sites for hydroxylation is 1. The lowest BCUT2D eigenvalue weighted by Crippen LogP contribution is -2.54. The SMILES string of the molecule is CCC[n+]1cc[nH]c1C12CC3CC(CC(C3)C1)C2. The van der Waals surface area contributed by atoms with Crippen molar-refractivity contribution >= 4 is 0 Å². The molecule has 4 bridgehead atoms. The highest BCUT2D eigenvalue weighted by Crippen LogP contribution is 2.59. The first-order valence-corrected chi connectivity index (χ1v) is 7.86. The molecule has 0 saturated heterocycles. The molecule has 0 aromatic carbocycles. The summed E-state index contributed by atoms with van der Waals surface area (Å²) in [6.07, 6.45) is 14.6. The van der Waals surface area contributed by atoms with E-state index in [4.69, 9.17) is 0 Å². The molecule has 18 heavy (non-hydrogen) atoms. The molecule has 0 radical (unpaired) electrons. The number of hydrogen-bond donors (Lipinski definition) is 1. The van der Waals surface area contributed by atoms with Gasteiger partial charge >= 0.3 is 0 Å². The Labute approximate surface area is 110 Å². The average molecular weight is 245 g/mol. The van der Waals surface area contributed by atoms with E-state index in [1.807, 2.05) is 0 Å². The Balaban J connectivity index is 1.72. The molecular weight excluding hydrogens is 220 g/mol. The molecule has 2 heteroatoms. The van der Waals surface area contributed by atoms with E-state index in [0.29, 0.717) is 5.41 Å². The molecule has 0 spiro atoms. The molecule has 1 aromatic heterocycles. The standard InChI is InChI=1S/C16H24N2/c1-2-4-18-5-3-17-15(18)16-9-12-6-13(10-16)8-14(7-12)11-16/h3,5,12-14H,2,4,6-11H2,1H3/p+1. The fraction of sp³-hybridized carbons (Fsp3) is 0.812. The quantitative estimate of drug-likeness (QED) is 0.789. The van der Waals surface area contributed by atoms with Crippen LogP contribution in [0, 0.1) is 17.8 Å². The molecule has 0 aliphatic heterocycles. The highest BCUT2D eigenvalue weighted by Gasteiger charge is 2.55. The van der Waals surface area contributed by atoms with E-state index < -0.39 is 0 Å². The van der Waals surface area contributed by atoms with Gasteiger partial charge in [-0.2, -0.15) is 0 Å². The van der Waals surface area contributed by atoms with E-state index in [0.717, 1.165) is 17.8 Å². The van der Waals surface area contributed by atoms with E-state index in [1.54, 1.807) is 5.82 Å². The van der Waals surface area contributed by atoms with Gasteiger partial charge in [0, 0.05) is 0 Å². The van der Waals surface area contributed by atoms with Crippen molar-refractivity contribution in [1.82, 2.24) is 4.98 Å². The normalized spacial score (nSPS) is 41.5.